The molecule has 0 fully saturated rings. The van der Waals surface area contributed by atoms with Crippen molar-refractivity contribution in [3.8, 4) is 0 Å². The van der Waals surface area contributed by atoms with Gasteiger partial charge in [-0.15, -0.1) is 0 Å². The van der Waals surface area contributed by atoms with Gasteiger partial charge in [0.15, 0.2) is 0 Å². The lowest BCUT2D eigenvalue weighted by molar-refractivity contribution is -0.322. The van der Waals surface area contributed by atoms with E-state index >= 15 is 0 Å². The van der Waals surface area contributed by atoms with E-state index in [9.17, 15) is 35.5 Å². The normalized spacial score (nSPS) is 14.6. The highest BCUT2D eigenvalue weighted by Crippen LogP contribution is 2.46. The van der Waals surface area contributed by atoms with Gasteiger partial charge in [-0.05, 0) is 6.08 Å². The molecule has 2 nitrogen and oxygen atoms in total. The molecule has 0 unspecified atom stereocenters. The molecular formula is C6H3F7O2. The molecule has 0 aliphatic heterocycles. The van der Waals surface area contributed by atoms with Gasteiger partial charge in [0.25, 0.3) is 0 Å². The summed E-state index contributed by atoms with van der Waals surface area (Å²) in [7, 11) is 0. The van der Waals surface area contributed by atoms with Crippen molar-refractivity contribution in [3.63, 3.8) is 0 Å². The summed E-state index contributed by atoms with van der Waals surface area (Å²) in [4.78, 5) is 9.71. The third kappa shape index (κ3) is 2.83. The van der Waals surface area contributed by atoms with Gasteiger partial charge in [-0.25, -0.2) is 9.18 Å². The van der Waals surface area contributed by atoms with Crippen LogP contribution < -0.4 is 0 Å². The predicted octanol–water partition coefficient (Wildman–Crippen LogP) is 2.46. The van der Waals surface area contributed by atoms with Crippen LogP contribution in [0.3, 0.4) is 0 Å². The van der Waals surface area contributed by atoms with E-state index in [2.05, 4.69) is 0 Å². The van der Waals surface area contributed by atoms with Crippen LogP contribution in [-0.2, 0) is 4.79 Å². The third-order valence-electron chi connectivity index (χ3n) is 1.28. The maximum absolute atomic E-state index is 12.6. The lowest BCUT2D eigenvalue weighted by Crippen LogP contribution is -2.51. The zero-order valence-electron chi connectivity index (χ0n) is 6.66. The summed E-state index contributed by atoms with van der Waals surface area (Å²) in [5.41, 5.74) is -5.65. The maximum Gasteiger partial charge on any atom is 0.435 e. The van der Waals surface area contributed by atoms with Gasteiger partial charge in [-0.2, -0.15) is 26.3 Å². The molecule has 0 saturated carbocycles. The number of halogens is 7. The first-order valence-corrected chi connectivity index (χ1v) is 3.16. The molecule has 0 atom stereocenters. The van der Waals surface area contributed by atoms with E-state index in [1.165, 1.54) is 0 Å². The lowest BCUT2D eigenvalue weighted by Gasteiger charge is -2.26. The van der Waals surface area contributed by atoms with Gasteiger partial charge in [0.05, 0.1) is 0 Å². The Labute approximate surface area is 78.0 Å². The molecule has 88 valence electrons. The van der Waals surface area contributed by atoms with Gasteiger partial charge in [0.2, 0.25) is 0 Å². The second kappa shape index (κ2) is 3.70. The molecule has 0 aromatic heterocycles. The molecule has 0 amide bonds. The average molecular weight is 240 g/mol. The second-order valence-electron chi connectivity index (χ2n) is 2.38. The van der Waals surface area contributed by atoms with Crippen LogP contribution in [0.4, 0.5) is 30.7 Å². The van der Waals surface area contributed by atoms with E-state index in [4.69, 9.17) is 5.11 Å². The summed E-state index contributed by atoms with van der Waals surface area (Å²) in [6, 6.07) is 0. The lowest BCUT2D eigenvalue weighted by atomic mass is 10.0. The molecule has 0 spiro atoms. The number of carboxylic acids is 1. The van der Waals surface area contributed by atoms with Crippen molar-refractivity contribution in [1.82, 2.24) is 0 Å². The summed E-state index contributed by atoms with van der Waals surface area (Å²) in [5, 5.41) is 7.82. The third-order valence-corrected chi connectivity index (χ3v) is 1.28. The van der Waals surface area contributed by atoms with E-state index in [0.717, 1.165) is 0 Å². The Kier molecular flexibility index (Phi) is 3.39. The van der Waals surface area contributed by atoms with Crippen molar-refractivity contribution >= 4 is 5.97 Å². The summed E-state index contributed by atoms with van der Waals surface area (Å²) in [5.74, 6) is -2.12. The van der Waals surface area contributed by atoms with Crippen LogP contribution in [0, 0.1) is 0 Å². The molecule has 0 aliphatic rings. The first kappa shape index (κ1) is 13.7. The zero-order chi connectivity index (χ0) is 12.5. The molecular weight excluding hydrogens is 237 g/mol. The van der Waals surface area contributed by atoms with Gasteiger partial charge < -0.3 is 5.11 Å². The highest BCUT2D eigenvalue weighted by atomic mass is 19.4. The summed E-state index contributed by atoms with van der Waals surface area (Å²) >= 11 is 0. The fourth-order valence-electron chi connectivity index (χ4n) is 0.536. The highest BCUT2D eigenvalue weighted by molar-refractivity contribution is 5.80. The molecule has 0 heterocycles. The van der Waals surface area contributed by atoms with Crippen LogP contribution in [0.15, 0.2) is 12.2 Å². The first-order valence-electron chi connectivity index (χ1n) is 3.16. The van der Waals surface area contributed by atoms with Gasteiger partial charge in [-0.1, -0.05) is 0 Å². The van der Waals surface area contributed by atoms with Crippen LogP contribution in [0.5, 0.6) is 0 Å². The van der Waals surface area contributed by atoms with Crippen molar-refractivity contribution in [2.45, 2.75) is 18.0 Å². The Bertz CT molecular complexity index is 260. The zero-order valence-corrected chi connectivity index (χ0v) is 6.66. The van der Waals surface area contributed by atoms with E-state index in [0.29, 0.717) is 0 Å². The average Bonchev–Trinajstić information content (AvgIpc) is 1.95. The predicted molar refractivity (Wildman–Crippen MR) is 32.7 cm³/mol. The fraction of sp³-hybridized carbons (Fsp3) is 0.500. The molecule has 0 radical (unpaired) electrons. The number of carbonyl (C=O) groups is 1. The van der Waals surface area contributed by atoms with Crippen LogP contribution in [-0.4, -0.2) is 29.1 Å². The summed E-state index contributed by atoms with van der Waals surface area (Å²) in [6.45, 7) is 0. The minimum atomic E-state index is -6.27. The smallest absolute Gasteiger partial charge is 0.435 e. The van der Waals surface area contributed by atoms with Crippen molar-refractivity contribution < 1.29 is 40.6 Å². The topological polar surface area (TPSA) is 37.3 Å². The number of hydrogen-bond acceptors (Lipinski definition) is 1. The van der Waals surface area contributed by atoms with E-state index in [1.54, 1.807) is 0 Å². The highest BCUT2D eigenvalue weighted by Gasteiger charge is 2.71. The van der Waals surface area contributed by atoms with E-state index in [-0.39, 0.29) is 0 Å². The molecule has 0 aliphatic carbocycles. The van der Waals surface area contributed by atoms with Crippen molar-refractivity contribution in [2.24, 2.45) is 0 Å². The molecule has 0 aromatic carbocycles. The van der Waals surface area contributed by atoms with Crippen molar-refractivity contribution in [3.05, 3.63) is 12.2 Å². The SMILES string of the molecule is O=C(O)/C=C/C(F)(C(F)(F)F)C(F)(F)F. The molecule has 9 heteroatoms. The molecule has 0 rings (SSSR count). The molecule has 0 saturated heterocycles. The van der Waals surface area contributed by atoms with E-state index < -0.39 is 36.1 Å². The molecule has 15 heavy (non-hydrogen) atoms. The number of allylic oxidation sites excluding steroid dienone is 1. The molecule has 0 bridgehead atoms. The largest absolute Gasteiger partial charge is 0.478 e. The standard InChI is InChI=1S/C6H3F7O2/c7-4(5(8,9)10,6(11,12)13)2-1-3(14)15/h1-2H,(H,14,15)/b2-1+. The Morgan fingerprint density at radius 3 is 1.47 bits per heavy atom. The minimum absolute atomic E-state index is 0.555. The number of carboxylic acid groups (broad SMARTS) is 1. The number of alkyl halides is 7. The van der Waals surface area contributed by atoms with Gasteiger partial charge >= 0.3 is 24.0 Å². The Morgan fingerprint density at radius 1 is 0.933 bits per heavy atom. The first-order chi connectivity index (χ1) is 6.42. The number of rotatable bonds is 2. The quantitative estimate of drug-likeness (QED) is 0.594. The monoisotopic (exact) mass is 240 g/mol. The van der Waals surface area contributed by atoms with E-state index in [1.807, 2.05) is 0 Å². The van der Waals surface area contributed by atoms with Gasteiger partial charge in [-0.3, -0.25) is 0 Å². The van der Waals surface area contributed by atoms with Crippen molar-refractivity contribution in [1.29, 1.82) is 0 Å². The Hall–Kier alpha value is -1.28. The minimum Gasteiger partial charge on any atom is -0.478 e. The van der Waals surface area contributed by atoms with Gasteiger partial charge in [0.1, 0.15) is 0 Å². The maximum atomic E-state index is 12.6. The number of hydrogen-bond donors (Lipinski definition) is 1. The van der Waals surface area contributed by atoms with Gasteiger partial charge in [0, 0.05) is 6.08 Å². The van der Waals surface area contributed by atoms with Crippen molar-refractivity contribution in [2.75, 3.05) is 0 Å². The molecule has 1 N–H and O–H groups in total. The summed E-state index contributed by atoms with van der Waals surface area (Å²) in [6.07, 6.45) is -14.2. The van der Waals surface area contributed by atoms with Crippen LogP contribution in [0.2, 0.25) is 0 Å². The molecule has 0 aromatic rings. The summed E-state index contributed by atoms with van der Waals surface area (Å²) < 4.78 is 82.8. The van der Waals surface area contributed by atoms with Crippen LogP contribution in [0.25, 0.3) is 0 Å². The van der Waals surface area contributed by atoms with Crippen LogP contribution >= 0.6 is 0 Å². The number of aliphatic carboxylic acids is 1. The Balaban J connectivity index is 5.34. The fourth-order valence-corrected chi connectivity index (χ4v) is 0.536. The van der Waals surface area contributed by atoms with Crippen LogP contribution in [0.1, 0.15) is 0 Å². The Morgan fingerprint density at radius 2 is 1.27 bits per heavy atom. The second-order valence-corrected chi connectivity index (χ2v) is 2.38.